The van der Waals surface area contributed by atoms with Gasteiger partial charge in [-0.2, -0.15) is 0 Å². The number of halogens is 2. The van der Waals surface area contributed by atoms with Crippen molar-refractivity contribution in [2.75, 3.05) is 0 Å². The van der Waals surface area contributed by atoms with Gasteiger partial charge in [-0.25, -0.2) is 0 Å². The lowest BCUT2D eigenvalue weighted by Crippen LogP contribution is -2.32. The Morgan fingerprint density at radius 1 is 0.568 bits per heavy atom. The molecule has 6 rings (SSSR count). The number of rotatable bonds is 4. The highest BCUT2D eigenvalue weighted by Gasteiger charge is 2.47. The molecule has 4 aromatic carbocycles. The third kappa shape index (κ3) is 3.54. The molecule has 2 unspecified atom stereocenters. The standard InChI is InChI=1S/C34H34Cl2Si/c1-19(2)27-31(35)29-23-13-9-7-11-21(23)15-17-25(29)33(27)37(5,6)34-26-18-16-22-12-8-10-14-24(22)30(26)32(36)28(34)20(3)4/h7-20,31-32H,1-6H3. The molecular weight excluding hydrogens is 507 g/mol. The maximum atomic E-state index is 7.42. The molecule has 188 valence electrons. The van der Waals surface area contributed by atoms with Gasteiger partial charge in [0.1, 0.15) is 8.07 Å². The van der Waals surface area contributed by atoms with Gasteiger partial charge in [0, 0.05) is 0 Å². The highest BCUT2D eigenvalue weighted by molar-refractivity contribution is 7.09. The molecule has 2 aliphatic rings. The summed E-state index contributed by atoms with van der Waals surface area (Å²) in [5, 5.41) is 7.91. The Bertz CT molecular complexity index is 1520. The Morgan fingerprint density at radius 2 is 0.946 bits per heavy atom. The van der Waals surface area contributed by atoms with Crippen molar-refractivity contribution in [2.45, 2.75) is 51.5 Å². The Balaban J connectivity index is 1.67. The maximum Gasteiger partial charge on any atom is 0.113 e. The average molecular weight is 542 g/mol. The quantitative estimate of drug-likeness (QED) is 0.178. The first-order valence-electron chi connectivity index (χ1n) is 13.5. The summed E-state index contributed by atoms with van der Waals surface area (Å²) in [6, 6.07) is 26.6. The number of alkyl halides is 2. The van der Waals surface area contributed by atoms with E-state index in [1.54, 1.807) is 0 Å². The molecule has 0 heterocycles. The van der Waals surface area contributed by atoms with Gasteiger partial charge in [0.25, 0.3) is 0 Å². The fourth-order valence-corrected chi connectivity index (χ4v) is 12.8. The van der Waals surface area contributed by atoms with Gasteiger partial charge in [0.2, 0.25) is 0 Å². The zero-order chi connectivity index (χ0) is 26.2. The zero-order valence-corrected chi connectivity index (χ0v) is 25.0. The summed E-state index contributed by atoms with van der Waals surface area (Å²) in [6.45, 7) is 14.3. The van der Waals surface area contributed by atoms with Crippen LogP contribution in [0.25, 0.3) is 31.9 Å². The van der Waals surface area contributed by atoms with Crippen LogP contribution >= 0.6 is 23.2 Å². The number of hydrogen-bond donors (Lipinski definition) is 0. The second kappa shape index (κ2) is 8.87. The molecule has 0 nitrogen and oxygen atoms in total. The third-order valence-electron chi connectivity index (χ3n) is 8.60. The fourth-order valence-electron chi connectivity index (χ4n) is 7.13. The van der Waals surface area contributed by atoms with Gasteiger partial charge in [-0.1, -0.05) is 114 Å². The summed E-state index contributed by atoms with van der Waals surface area (Å²) >= 11 is 14.8. The van der Waals surface area contributed by atoms with Crippen molar-refractivity contribution < 1.29 is 0 Å². The maximum absolute atomic E-state index is 7.42. The fraction of sp³-hybridized carbons (Fsp3) is 0.294. The molecule has 2 aliphatic carbocycles. The summed E-state index contributed by atoms with van der Waals surface area (Å²) in [5.41, 5.74) is 8.11. The molecule has 4 aromatic rings. The number of benzene rings is 4. The Kier molecular flexibility index (Phi) is 5.99. The van der Waals surface area contributed by atoms with E-state index in [1.807, 2.05) is 0 Å². The normalized spacial score (nSPS) is 19.6. The van der Waals surface area contributed by atoms with Crippen molar-refractivity contribution in [1.82, 2.24) is 0 Å². The predicted octanol–water partition coefficient (Wildman–Crippen LogP) is 10.9. The first kappa shape index (κ1) is 25.0. The molecule has 0 saturated carbocycles. The number of fused-ring (bicyclic) bond motifs is 6. The Labute approximate surface area is 232 Å². The lowest BCUT2D eigenvalue weighted by atomic mass is 9.97. The van der Waals surface area contributed by atoms with Gasteiger partial charge in [0.05, 0.1) is 10.8 Å². The van der Waals surface area contributed by atoms with Crippen LogP contribution in [-0.2, 0) is 0 Å². The molecular formula is C34H34Cl2Si. The van der Waals surface area contributed by atoms with E-state index < -0.39 is 8.07 Å². The zero-order valence-electron chi connectivity index (χ0n) is 22.5. The number of allylic oxidation sites excluding steroid dienone is 2. The van der Waals surface area contributed by atoms with Crippen LogP contribution in [0.1, 0.15) is 60.7 Å². The lowest BCUT2D eigenvalue weighted by Gasteiger charge is -2.32. The van der Waals surface area contributed by atoms with E-state index in [-0.39, 0.29) is 10.8 Å². The summed E-state index contributed by atoms with van der Waals surface area (Å²) in [7, 11) is -2.26. The molecule has 0 bridgehead atoms. The van der Waals surface area contributed by atoms with Crippen LogP contribution in [-0.4, -0.2) is 8.07 Å². The average Bonchev–Trinajstić information content (AvgIpc) is 3.37. The molecule has 0 spiro atoms. The molecule has 2 atom stereocenters. The van der Waals surface area contributed by atoms with Gasteiger partial charge in [-0.05, 0) is 77.2 Å². The van der Waals surface area contributed by atoms with Crippen LogP contribution in [0, 0.1) is 11.8 Å². The SMILES string of the molecule is CC(C)C1=C([Si](C)(C)C2=C(C(C)C)C(Cl)c3c2ccc2ccccc32)c2ccc3ccccc3c2C1Cl. The van der Waals surface area contributed by atoms with Crippen molar-refractivity contribution in [1.29, 1.82) is 0 Å². The van der Waals surface area contributed by atoms with Gasteiger partial charge in [-0.15, -0.1) is 23.2 Å². The van der Waals surface area contributed by atoms with Crippen molar-refractivity contribution >= 4 is 63.2 Å². The first-order valence-corrected chi connectivity index (χ1v) is 17.3. The lowest BCUT2D eigenvalue weighted by molar-refractivity contribution is 0.744. The molecule has 0 amide bonds. The minimum absolute atomic E-state index is 0.102. The molecule has 0 aromatic heterocycles. The van der Waals surface area contributed by atoms with E-state index in [0.717, 1.165) is 0 Å². The summed E-state index contributed by atoms with van der Waals surface area (Å²) < 4.78 is 0. The number of hydrogen-bond acceptors (Lipinski definition) is 0. The highest BCUT2D eigenvalue weighted by Crippen LogP contribution is 2.59. The van der Waals surface area contributed by atoms with Crippen LogP contribution in [0.2, 0.25) is 13.1 Å². The summed E-state index contributed by atoms with van der Waals surface area (Å²) in [6.07, 6.45) is 0. The van der Waals surface area contributed by atoms with E-state index in [2.05, 4.69) is 114 Å². The van der Waals surface area contributed by atoms with Crippen LogP contribution in [0.3, 0.4) is 0 Å². The minimum atomic E-state index is -2.26. The summed E-state index contributed by atoms with van der Waals surface area (Å²) in [5.74, 6) is 0.727. The largest absolute Gasteiger partial charge is 0.113 e. The molecule has 0 aliphatic heterocycles. The van der Waals surface area contributed by atoms with Crippen LogP contribution in [0.15, 0.2) is 83.9 Å². The highest BCUT2D eigenvalue weighted by atomic mass is 35.5. The van der Waals surface area contributed by atoms with E-state index in [0.29, 0.717) is 11.8 Å². The van der Waals surface area contributed by atoms with E-state index in [9.17, 15) is 0 Å². The first-order chi connectivity index (χ1) is 17.6. The van der Waals surface area contributed by atoms with Crippen LogP contribution in [0.4, 0.5) is 0 Å². The molecule has 0 N–H and O–H groups in total. The molecule has 0 saturated heterocycles. The van der Waals surface area contributed by atoms with Crippen LogP contribution < -0.4 is 0 Å². The van der Waals surface area contributed by atoms with Gasteiger partial charge < -0.3 is 0 Å². The molecule has 0 fully saturated rings. The monoisotopic (exact) mass is 540 g/mol. The van der Waals surface area contributed by atoms with E-state index in [4.69, 9.17) is 23.2 Å². The topological polar surface area (TPSA) is 0 Å². The van der Waals surface area contributed by atoms with Crippen molar-refractivity contribution in [3.8, 4) is 0 Å². The van der Waals surface area contributed by atoms with E-state index >= 15 is 0 Å². The molecule has 3 heteroatoms. The van der Waals surface area contributed by atoms with E-state index in [1.165, 1.54) is 65.3 Å². The third-order valence-corrected chi connectivity index (χ3v) is 13.1. The molecule has 0 radical (unpaired) electrons. The second-order valence-electron chi connectivity index (χ2n) is 11.8. The second-order valence-corrected chi connectivity index (χ2v) is 16.9. The van der Waals surface area contributed by atoms with Gasteiger partial charge in [0.15, 0.2) is 0 Å². The Morgan fingerprint density at radius 3 is 1.32 bits per heavy atom. The minimum Gasteiger partial charge on any atom is -0.113 e. The van der Waals surface area contributed by atoms with Crippen LogP contribution in [0.5, 0.6) is 0 Å². The smallest absolute Gasteiger partial charge is 0.113 e. The van der Waals surface area contributed by atoms with Crippen molar-refractivity contribution in [2.24, 2.45) is 11.8 Å². The van der Waals surface area contributed by atoms with Crippen molar-refractivity contribution in [3.63, 3.8) is 0 Å². The predicted molar refractivity (Wildman–Crippen MR) is 166 cm³/mol. The summed E-state index contributed by atoms with van der Waals surface area (Å²) in [4.78, 5) is 0. The molecule has 37 heavy (non-hydrogen) atoms. The van der Waals surface area contributed by atoms with Crippen molar-refractivity contribution in [3.05, 3.63) is 106 Å². The van der Waals surface area contributed by atoms with Gasteiger partial charge >= 0.3 is 0 Å². The Hall–Kier alpha value is -2.32. The van der Waals surface area contributed by atoms with Gasteiger partial charge in [-0.3, -0.25) is 0 Å².